The molecule has 1 fully saturated rings. The molecule has 1 aliphatic rings. The highest BCUT2D eigenvalue weighted by atomic mass is 16.6. The summed E-state index contributed by atoms with van der Waals surface area (Å²) in [6, 6.07) is 9.80. The number of hydrogen-bond acceptors (Lipinski definition) is 4. The molecule has 0 saturated carbocycles. The molecule has 1 aromatic carbocycles. The number of aromatic nitrogens is 2. The van der Waals surface area contributed by atoms with Crippen LogP contribution in [-0.4, -0.2) is 51.4 Å². The van der Waals surface area contributed by atoms with Gasteiger partial charge in [0.05, 0.1) is 18.3 Å². The molecule has 0 bridgehead atoms. The summed E-state index contributed by atoms with van der Waals surface area (Å²) in [7, 11) is 0. The van der Waals surface area contributed by atoms with Crippen molar-refractivity contribution in [1.29, 1.82) is 0 Å². The Labute approximate surface area is 178 Å². The van der Waals surface area contributed by atoms with Gasteiger partial charge in [-0.2, -0.15) is 5.10 Å². The molecule has 7 nitrogen and oxygen atoms in total. The molecule has 2 heterocycles. The van der Waals surface area contributed by atoms with E-state index in [1.807, 2.05) is 57.3 Å². The minimum Gasteiger partial charge on any atom is -0.444 e. The first-order valence-electron chi connectivity index (χ1n) is 10.4. The summed E-state index contributed by atoms with van der Waals surface area (Å²) in [6.07, 6.45) is 4.28. The van der Waals surface area contributed by atoms with Crippen LogP contribution in [0.4, 0.5) is 4.79 Å². The zero-order valence-electron chi connectivity index (χ0n) is 18.5. The summed E-state index contributed by atoms with van der Waals surface area (Å²) in [5.41, 5.74) is 1.05. The molecular formula is C23H32N4O3. The number of piperidine rings is 1. The van der Waals surface area contributed by atoms with Gasteiger partial charge < -0.3 is 15.0 Å². The van der Waals surface area contributed by atoms with Crippen LogP contribution >= 0.6 is 0 Å². The van der Waals surface area contributed by atoms with Crippen LogP contribution in [0.1, 0.15) is 46.6 Å². The lowest BCUT2D eigenvalue weighted by Crippen LogP contribution is -2.57. The van der Waals surface area contributed by atoms with E-state index in [9.17, 15) is 9.59 Å². The maximum Gasteiger partial charge on any atom is 0.410 e. The Bertz CT molecular complexity index is 883. The van der Waals surface area contributed by atoms with Crippen LogP contribution < -0.4 is 5.32 Å². The molecule has 0 radical (unpaired) electrons. The van der Waals surface area contributed by atoms with Crippen LogP contribution in [0.25, 0.3) is 5.69 Å². The highest BCUT2D eigenvalue weighted by Crippen LogP contribution is 2.30. The van der Waals surface area contributed by atoms with Gasteiger partial charge in [0.1, 0.15) is 5.60 Å². The summed E-state index contributed by atoms with van der Waals surface area (Å²) in [4.78, 5) is 26.8. The largest absolute Gasteiger partial charge is 0.444 e. The molecule has 0 unspecified atom stereocenters. The van der Waals surface area contributed by atoms with Crippen LogP contribution in [0.2, 0.25) is 0 Å². The molecule has 162 valence electrons. The minimum atomic E-state index is -0.517. The third kappa shape index (κ3) is 5.62. The number of para-hydroxylation sites is 1. The summed E-state index contributed by atoms with van der Waals surface area (Å²) in [5.74, 6) is -0.0357. The van der Waals surface area contributed by atoms with Gasteiger partial charge in [-0.3, -0.25) is 4.79 Å². The zero-order valence-corrected chi connectivity index (χ0v) is 18.5. The molecule has 1 aliphatic heterocycles. The Morgan fingerprint density at radius 1 is 1.23 bits per heavy atom. The maximum atomic E-state index is 12.7. The van der Waals surface area contributed by atoms with Crippen LogP contribution in [0.3, 0.4) is 0 Å². The van der Waals surface area contributed by atoms with Gasteiger partial charge in [-0.25, -0.2) is 9.48 Å². The van der Waals surface area contributed by atoms with Crippen LogP contribution in [0, 0.1) is 5.41 Å². The molecule has 2 amide bonds. The van der Waals surface area contributed by atoms with E-state index in [2.05, 4.69) is 24.3 Å². The molecular weight excluding hydrogens is 380 g/mol. The van der Waals surface area contributed by atoms with E-state index in [0.29, 0.717) is 19.5 Å². The number of likely N-dealkylation sites (tertiary alicyclic amines) is 1. The number of ether oxygens (including phenoxy) is 1. The normalized spacial score (nSPS) is 18.7. The van der Waals surface area contributed by atoms with E-state index in [0.717, 1.165) is 11.3 Å². The van der Waals surface area contributed by atoms with Gasteiger partial charge in [0, 0.05) is 30.7 Å². The van der Waals surface area contributed by atoms with Crippen molar-refractivity contribution in [2.24, 2.45) is 5.41 Å². The van der Waals surface area contributed by atoms with Gasteiger partial charge in [-0.1, -0.05) is 32.0 Å². The monoisotopic (exact) mass is 412 g/mol. The molecule has 0 spiro atoms. The summed E-state index contributed by atoms with van der Waals surface area (Å²) in [5, 5.41) is 7.51. The van der Waals surface area contributed by atoms with Crippen molar-refractivity contribution in [1.82, 2.24) is 20.0 Å². The molecule has 1 saturated heterocycles. The average molecular weight is 413 g/mol. The molecule has 1 aromatic heterocycles. The second-order valence-corrected chi connectivity index (χ2v) is 9.60. The Hall–Kier alpha value is -2.83. The highest BCUT2D eigenvalue weighted by molar-refractivity contribution is 5.79. The summed E-state index contributed by atoms with van der Waals surface area (Å²) in [6.45, 7) is 10.8. The quantitative estimate of drug-likeness (QED) is 0.833. The van der Waals surface area contributed by atoms with Crippen molar-refractivity contribution in [2.75, 3.05) is 13.1 Å². The molecule has 0 aliphatic carbocycles. The lowest BCUT2D eigenvalue weighted by Gasteiger charge is -2.44. The predicted octanol–water partition coefficient (Wildman–Crippen LogP) is 3.57. The van der Waals surface area contributed by atoms with Crippen molar-refractivity contribution in [3.63, 3.8) is 0 Å². The Kier molecular flexibility index (Phi) is 6.19. The molecule has 3 rings (SSSR count). The number of nitrogens with one attached hydrogen (secondary N) is 1. The zero-order chi connectivity index (χ0) is 21.9. The van der Waals surface area contributed by atoms with E-state index in [4.69, 9.17) is 4.74 Å². The number of rotatable bonds is 4. The fourth-order valence-electron chi connectivity index (χ4n) is 3.71. The molecule has 2 aromatic rings. The predicted molar refractivity (Wildman–Crippen MR) is 115 cm³/mol. The van der Waals surface area contributed by atoms with E-state index in [1.165, 1.54) is 0 Å². The number of benzene rings is 1. The van der Waals surface area contributed by atoms with Gasteiger partial charge >= 0.3 is 6.09 Å². The van der Waals surface area contributed by atoms with Crippen molar-refractivity contribution in [3.05, 3.63) is 48.3 Å². The number of hydrogen-bond donors (Lipinski definition) is 1. The molecule has 1 atom stereocenters. The van der Waals surface area contributed by atoms with Crippen molar-refractivity contribution >= 4 is 12.0 Å². The van der Waals surface area contributed by atoms with Crippen LogP contribution in [0.15, 0.2) is 42.7 Å². The van der Waals surface area contributed by atoms with E-state index < -0.39 is 5.60 Å². The van der Waals surface area contributed by atoms with E-state index in [1.54, 1.807) is 15.8 Å². The van der Waals surface area contributed by atoms with Crippen molar-refractivity contribution in [3.8, 4) is 5.69 Å². The van der Waals surface area contributed by atoms with Gasteiger partial charge in [0.2, 0.25) is 5.91 Å². The third-order valence-corrected chi connectivity index (χ3v) is 5.24. The van der Waals surface area contributed by atoms with Crippen LogP contribution in [0.5, 0.6) is 0 Å². The number of carbonyl (C=O) groups excluding carboxylic acids is 2. The lowest BCUT2D eigenvalue weighted by atomic mass is 9.79. The minimum absolute atomic E-state index is 0.00662. The first kappa shape index (κ1) is 21.9. The number of amides is 2. The topological polar surface area (TPSA) is 76.5 Å². The first-order chi connectivity index (χ1) is 14.0. The summed E-state index contributed by atoms with van der Waals surface area (Å²) < 4.78 is 7.26. The van der Waals surface area contributed by atoms with E-state index in [-0.39, 0.29) is 29.9 Å². The van der Waals surface area contributed by atoms with Crippen LogP contribution in [-0.2, 0) is 16.0 Å². The standard InChI is InChI=1S/C23H32N4O3/c1-22(2,3)30-21(29)26-12-11-19(23(4,5)16-26)25-20(28)13-17-14-24-27(15-17)18-9-7-6-8-10-18/h6-10,14-15,19H,11-13,16H2,1-5H3,(H,25,28)/t19-/m0/s1. The van der Waals surface area contributed by atoms with Gasteiger partial charge in [-0.15, -0.1) is 0 Å². The fourth-order valence-corrected chi connectivity index (χ4v) is 3.71. The smallest absolute Gasteiger partial charge is 0.410 e. The molecule has 1 N–H and O–H groups in total. The maximum absolute atomic E-state index is 12.7. The number of nitrogens with zero attached hydrogens (tertiary/aromatic N) is 3. The second kappa shape index (κ2) is 8.50. The van der Waals surface area contributed by atoms with E-state index >= 15 is 0 Å². The van der Waals surface area contributed by atoms with Gasteiger partial charge in [-0.05, 0) is 44.9 Å². The summed E-state index contributed by atoms with van der Waals surface area (Å²) >= 11 is 0. The Morgan fingerprint density at radius 2 is 1.93 bits per heavy atom. The lowest BCUT2D eigenvalue weighted by molar-refractivity contribution is -0.122. The van der Waals surface area contributed by atoms with Gasteiger partial charge in [0.25, 0.3) is 0 Å². The first-order valence-corrected chi connectivity index (χ1v) is 10.4. The second-order valence-electron chi connectivity index (χ2n) is 9.60. The molecule has 30 heavy (non-hydrogen) atoms. The average Bonchev–Trinajstić information content (AvgIpc) is 3.11. The highest BCUT2D eigenvalue weighted by Gasteiger charge is 2.39. The Morgan fingerprint density at radius 3 is 2.57 bits per heavy atom. The SMILES string of the molecule is CC(C)(C)OC(=O)N1CC[C@H](NC(=O)Cc2cnn(-c3ccccc3)c2)C(C)(C)C1. The fraction of sp³-hybridized carbons (Fsp3) is 0.522. The molecule has 7 heteroatoms. The number of carbonyl (C=O) groups is 2. The van der Waals surface area contributed by atoms with Crippen molar-refractivity contribution < 1.29 is 14.3 Å². The third-order valence-electron chi connectivity index (χ3n) is 5.24. The Balaban J connectivity index is 1.56. The van der Waals surface area contributed by atoms with Gasteiger partial charge in [0.15, 0.2) is 0 Å². The van der Waals surface area contributed by atoms with Crippen molar-refractivity contribution in [2.45, 2.75) is 59.1 Å².